The van der Waals surface area contributed by atoms with Crippen molar-refractivity contribution in [2.24, 2.45) is 0 Å². The Bertz CT molecular complexity index is 1660. The first kappa shape index (κ1) is 29.6. The number of methoxy groups -OCH3 is 1. The van der Waals surface area contributed by atoms with E-state index >= 15 is 0 Å². The highest BCUT2D eigenvalue weighted by molar-refractivity contribution is 7.47. The number of nitrogen functional groups attached to an aromatic ring is 2. The second-order valence-electron chi connectivity index (χ2n) is 9.95. The van der Waals surface area contributed by atoms with Crippen molar-refractivity contribution in [3.63, 3.8) is 0 Å². The lowest BCUT2D eigenvalue weighted by Crippen LogP contribution is -2.38. The molecular weight excluding hydrogens is 595 g/mol. The van der Waals surface area contributed by atoms with Gasteiger partial charge in [-0.05, 0) is 0 Å². The minimum absolute atomic E-state index is 0.000148. The molecule has 2 aliphatic heterocycles. The molecule has 0 aromatic carbocycles. The Hall–Kier alpha value is -3.43. The number of anilines is 2. The number of imidazole rings is 2. The fourth-order valence-corrected chi connectivity index (χ4v) is 6.09. The standard InChI is InChI=1S/C22H29N10O10P/c1-38-3-10-15(34)17(9(40-10)2-31-7-29-12-18(23)25-5-27-20(12)31)42-43(36,37)39-4-11-14(33)16(35)22(41-11)32-8-30-13-19(24)26-6-28-21(13)32/h5-11,14-17,22,33-35H,2-4H2,1H3,(H,36,37)(H2,23,25,27)(H2,24,26,28)/t9-,10+,11+,14?,15?,16?,17?,22+/m0/s1. The van der Waals surface area contributed by atoms with Gasteiger partial charge in [-0.25, -0.2) is 34.5 Å². The number of hydrogen-bond donors (Lipinski definition) is 6. The quantitative estimate of drug-likeness (QED) is 0.101. The lowest BCUT2D eigenvalue weighted by Gasteiger charge is -2.24. The van der Waals surface area contributed by atoms with Crippen LogP contribution in [0.4, 0.5) is 11.6 Å². The number of aliphatic hydroxyl groups is 3. The van der Waals surface area contributed by atoms with Crippen LogP contribution in [0.5, 0.6) is 0 Å². The Kier molecular flexibility index (Phi) is 7.98. The molecule has 0 saturated carbocycles. The normalized spacial score (nSPS) is 30.8. The number of hydrogen-bond acceptors (Lipinski definition) is 17. The van der Waals surface area contributed by atoms with Crippen LogP contribution in [-0.2, 0) is 34.4 Å². The molecule has 0 bridgehead atoms. The highest BCUT2D eigenvalue weighted by Gasteiger charge is 2.49. The van der Waals surface area contributed by atoms with Crippen LogP contribution < -0.4 is 11.5 Å². The lowest BCUT2D eigenvalue weighted by molar-refractivity contribution is -0.0559. The zero-order valence-electron chi connectivity index (χ0n) is 22.5. The summed E-state index contributed by atoms with van der Waals surface area (Å²) < 4.78 is 43.3. The van der Waals surface area contributed by atoms with Crippen LogP contribution in [0.1, 0.15) is 6.23 Å². The third-order valence-corrected chi connectivity index (χ3v) is 8.21. The summed E-state index contributed by atoms with van der Waals surface area (Å²) in [6, 6.07) is 0. The molecule has 0 radical (unpaired) electrons. The summed E-state index contributed by atoms with van der Waals surface area (Å²) in [5.74, 6) is 0.273. The van der Waals surface area contributed by atoms with E-state index in [0.29, 0.717) is 11.2 Å². The average Bonchev–Trinajstić information content (AvgIpc) is 3.72. The van der Waals surface area contributed by atoms with Gasteiger partial charge in [0.15, 0.2) is 29.2 Å². The highest BCUT2D eigenvalue weighted by atomic mass is 31.2. The number of aromatic nitrogens is 8. The molecular formula is C22H29N10O10P. The van der Waals surface area contributed by atoms with E-state index in [9.17, 15) is 24.8 Å². The third kappa shape index (κ3) is 5.53. The number of nitrogens with two attached hydrogens (primary N) is 2. The Balaban J connectivity index is 1.15. The van der Waals surface area contributed by atoms with Crippen LogP contribution in [0.25, 0.3) is 22.3 Å². The molecule has 43 heavy (non-hydrogen) atoms. The van der Waals surface area contributed by atoms with Gasteiger partial charge >= 0.3 is 7.82 Å². The van der Waals surface area contributed by atoms with Crippen LogP contribution in [-0.4, -0.2) is 122 Å². The fourth-order valence-electron chi connectivity index (χ4n) is 5.12. The van der Waals surface area contributed by atoms with Crippen molar-refractivity contribution >= 4 is 41.8 Å². The smallest absolute Gasteiger partial charge is 0.387 e. The summed E-state index contributed by atoms with van der Waals surface area (Å²) in [4.78, 5) is 34.9. The van der Waals surface area contributed by atoms with E-state index in [0.717, 1.165) is 0 Å². The van der Waals surface area contributed by atoms with Crippen LogP contribution in [0.3, 0.4) is 0 Å². The summed E-state index contributed by atoms with van der Waals surface area (Å²) >= 11 is 0. The summed E-state index contributed by atoms with van der Waals surface area (Å²) in [5, 5.41) is 32.1. The zero-order valence-corrected chi connectivity index (χ0v) is 23.4. The molecule has 232 valence electrons. The first-order chi connectivity index (χ1) is 20.6. The minimum atomic E-state index is -4.91. The predicted octanol–water partition coefficient (Wildman–Crippen LogP) is -2.27. The van der Waals surface area contributed by atoms with Crippen molar-refractivity contribution in [2.75, 3.05) is 31.8 Å². The van der Waals surface area contributed by atoms with Crippen LogP contribution >= 0.6 is 7.82 Å². The van der Waals surface area contributed by atoms with Gasteiger partial charge in [0, 0.05) is 7.11 Å². The van der Waals surface area contributed by atoms with Gasteiger partial charge in [0.2, 0.25) is 0 Å². The van der Waals surface area contributed by atoms with Crippen LogP contribution in [0.15, 0.2) is 25.3 Å². The second kappa shape index (κ2) is 11.6. The number of rotatable bonds is 10. The first-order valence-corrected chi connectivity index (χ1v) is 14.4. The molecule has 6 rings (SSSR count). The number of nitrogens with zero attached hydrogens (tertiary/aromatic N) is 8. The van der Waals surface area contributed by atoms with Gasteiger partial charge in [0.25, 0.3) is 0 Å². The van der Waals surface area contributed by atoms with E-state index in [-0.39, 0.29) is 36.0 Å². The predicted molar refractivity (Wildman–Crippen MR) is 143 cm³/mol. The largest absolute Gasteiger partial charge is 0.472 e. The van der Waals surface area contributed by atoms with Gasteiger partial charge < -0.3 is 50.5 Å². The van der Waals surface area contributed by atoms with E-state index in [1.165, 1.54) is 37.0 Å². The number of aliphatic hydroxyl groups excluding tert-OH is 3. The molecule has 8 N–H and O–H groups in total. The second-order valence-corrected chi connectivity index (χ2v) is 11.4. The Morgan fingerprint density at radius 2 is 1.51 bits per heavy atom. The van der Waals surface area contributed by atoms with Gasteiger partial charge in [-0.2, -0.15) is 0 Å². The van der Waals surface area contributed by atoms with E-state index < -0.39 is 63.4 Å². The third-order valence-electron chi connectivity index (χ3n) is 7.23. The molecule has 0 amide bonds. The van der Waals surface area contributed by atoms with Crippen molar-refractivity contribution in [3.05, 3.63) is 25.3 Å². The van der Waals surface area contributed by atoms with Crippen molar-refractivity contribution in [3.8, 4) is 0 Å². The molecule has 21 heteroatoms. The molecule has 20 nitrogen and oxygen atoms in total. The number of phosphoric acid groups is 1. The Morgan fingerprint density at radius 3 is 2.23 bits per heavy atom. The molecule has 0 aliphatic carbocycles. The van der Waals surface area contributed by atoms with E-state index in [1.54, 1.807) is 4.57 Å². The van der Waals surface area contributed by atoms with Gasteiger partial charge in [0.1, 0.15) is 66.4 Å². The SMILES string of the molecule is COC[C@H]1O[C@@H](Cn2cnc3c(N)ncnc32)C(OP(=O)(O)OC[C@H]2O[C@@H](n3cnc4c(N)ncnc43)C(O)C2O)C1O. The van der Waals surface area contributed by atoms with Crippen molar-refractivity contribution in [1.29, 1.82) is 0 Å². The van der Waals surface area contributed by atoms with E-state index in [1.807, 2.05) is 0 Å². The fraction of sp³-hybridized carbons (Fsp3) is 0.545. The topological polar surface area (TPSA) is 283 Å². The Labute approximate surface area is 241 Å². The van der Waals surface area contributed by atoms with E-state index in [4.69, 9.17) is 34.7 Å². The number of fused-ring (bicyclic) bond motifs is 2. The summed E-state index contributed by atoms with van der Waals surface area (Å²) in [6.07, 6.45) is -4.83. The summed E-state index contributed by atoms with van der Waals surface area (Å²) in [7, 11) is -3.50. The van der Waals surface area contributed by atoms with Gasteiger partial charge in [-0.1, -0.05) is 0 Å². The highest BCUT2D eigenvalue weighted by Crippen LogP contribution is 2.48. The molecule has 2 saturated heterocycles. The maximum Gasteiger partial charge on any atom is 0.472 e. The monoisotopic (exact) mass is 624 g/mol. The number of ether oxygens (including phenoxy) is 3. The average molecular weight is 625 g/mol. The van der Waals surface area contributed by atoms with Gasteiger partial charge in [0.05, 0.1) is 32.4 Å². The molecule has 5 unspecified atom stereocenters. The molecule has 2 aliphatic rings. The van der Waals surface area contributed by atoms with Gasteiger partial charge in [-0.3, -0.25) is 13.6 Å². The number of phosphoric ester groups is 1. The van der Waals surface area contributed by atoms with E-state index in [2.05, 4.69) is 29.9 Å². The molecule has 2 fully saturated rings. The molecule has 9 atom stereocenters. The van der Waals surface area contributed by atoms with Crippen molar-refractivity contribution in [2.45, 2.75) is 55.5 Å². The zero-order chi connectivity index (χ0) is 30.5. The molecule has 6 heterocycles. The van der Waals surface area contributed by atoms with Crippen molar-refractivity contribution in [1.82, 2.24) is 39.0 Å². The summed E-state index contributed by atoms with van der Waals surface area (Å²) in [5.41, 5.74) is 12.9. The molecule has 4 aromatic rings. The molecule has 0 spiro atoms. The van der Waals surface area contributed by atoms with Crippen LogP contribution in [0.2, 0.25) is 0 Å². The molecule has 4 aromatic heterocycles. The van der Waals surface area contributed by atoms with Gasteiger partial charge in [-0.15, -0.1) is 0 Å². The maximum absolute atomic E-state index is 13.1. The van der Waals surface area contributed by atoms with Crippen LogP contribution in [0, 0.1) is 0 Å². The lowest BCUT2D eigenvalue weighted by atomic mass is 10.1. The summed E-state index contributed by atoms with van der Waals surface area (Å²) in [6.45, 7) is -0.695. The first-order valence-electron chi connectivity index (χ1n) is 12.9. The Morgan fingerprint density at radius 1 is 0.860 bits per heavy atom. The van der Waals surface area contributed by atoms with Crippen molar-refractivity contribution < 1.29 is 48.0 Å². The maximum atomic E-state index is 13.1. The minimum Gasteiger partial charge on any atom is -0.387 e.